The summed E-state index contributed by atoms with van der Waals surface area (Å²) in [6.45, 7) is 0.884. The largest absolute Gasteiger partial charge is 0.490 e. The summed E-state index contributed by atoms with van der Waals surface area (Å²) < 4.78 is 35.0. The average Bonchev–Trinajstić information content (AvgIpc) is 3.26. The fourth-order valence-electron chi connectivity index (χ4n) is 4.09. The Labute approximate surface area is 201 Å². The minimum atomic E-state index is -2.95. The van der Waals surface area contributed by atoms with E-state index in [0.717, 1.165) is 16.5 Å². The molecule has 0 bridgehead atoms. The number of ether oxygens (including phenoxy) is 2. The van der Waals surface area contributed by atoms with Crippen LogP contribution in [0.3, 0.4) is 0 Å². The molecule has 0 radical (unpaired) electrons. The Bertz CT molecular complexity index is 1220. The third-order valence-corrected chi connectivity index (χ3v) is 5.86. The van der Waals surface area contributed by atoms with Crippen LogP contribution in [0.2, 0.25) is 0 Å². The predicted octanol–water partition coefficient (Wildman–Crippen LogP) is 4.09. The molecular weight excluding hydrogens is 456 g/mol. The summed E-state index contributed by atoms with van der Waals surface area (Å²) in [6, 6.07) is 12.4. The lowest BCUT2D eigenvalue weighted by Crippen LogP contribution is -2.50. The van der Waals surface area contributed by atoms with E-state index in [1.165, 1.54) is 12.1 Å². The van der Waals surface area contributed by atoms with Gasteiger partial charge in [0.1, 0.15) is 0 Å². The second-order valence-electron chi connectivity index (χ2n) is 8.09. The average molecular weight is 484 g/mol. The molecule has 4 rings (SSSR count). The van der Waals surface area contributed by atoms with Gasteiger partial charge in [-0.25, -0.2) is 0 Å². The molecule has 184 valence electrons. The topological polar surface area (TPSA) is 74.9 Å². The number of para-hydroxylation sites is 1. The lowest BCUT2D eigenvalue weighted by molar-refractivity contribution is -0.136. The third-order valence-electron chi connectivity index (χ3n) is 5.86. The molecule has 2 heterocycles. The number of aromatic amines is 1. The molecule has 1 aliphatic heterocycles. The second kappa shape index (κ2) is 11.0. The molecule has 1 aromatic heterocycles. The standard InChI is InChI=1S/C26H27F2N3O4/c1-2-34-23-15-18(7-9-22(23)35-26(27)28)8-10-24(32)30-11-13-31(14-12-30)25(33)16-19-17-29-21-6-4-3-5-20(19)21/h3-10,15,17,26,29H,2,11-14,16H2,1H3/b10-8+. The van der Waals surface area contributed by atoms with Crippen LogP contribution >= 0.6 is 0 Å². The van der Waals surface area contributed by atoms with Gasteiger partial charge in [0.15, 0.2) is 11.5 Å². The highest BCUT2D eigenvalue weighted by atomic mass is 19.3. The number of hydrogen-bond donors (Lipinski definition) is 1. The van der Waals surface area contributed by atoms with Gasteiger partial charge in [0.25, 0.3) is 0 Å². The quantitative estimate of drug-likeness (QED) is 0.490. The summed E-state index contributed by atoms with van der Waals surface area (Å²) in [6.07, 6.45) is 5.22. The van der Waals surface area contributed by atoms with Gasteiger partial charge in [-0.1, -0.05) is 24.3 Å². The van der Waals surface area contributed by atoms with Gasteiger partial charge in [-0.05, 0) is 42.3 Å². The van der Waals surface area contributed by atoms with Gasteiger partial charge in [-0.2, -0.15) is 8.78 Å². The van der Waals surface area contributed by atoms with Crippen LogP contribution in [0.4, 0.5) is 8.78 Å². The molecule has 0 atom stereocenters. The highest BCUT2D eigenvalue weighted by molar-refractivity contribution is 5.92. The molecule has 1 aliphatic rings. The van der Waals surface area contributed by atoms with Crippen molar-refractivity contribution in [3.05, 3.63) is 65.9 Å². The number of nitrogens with zero attached hydrogens (tertiary/aromatic N) is 2. The SMILES string of the molecule is CCOc1cc(/C=C/C(=O)N2CCN(C(=O)Cc3c[nH]c4ccccc34)CC2)ccc1OC(F)F. The smallest absolute Gasteiger partial charge is 0.387 e. The maximum Gasteiger partial charge on any atom is 0.387 e. The Hall–Kier alpha value is -3.88. The van der Waals surface area contributed by atoms with Crippen molar-refractivity contribution in [3.63, 3.8) is 0 Å². The fourth-order valence-corrected chi connectivity index (χ4v) is 4.09. The summed E-state index contributed by atoms with van der Waals surface area (Å²) in [5.74, 6) is -0.0185. The first kappa shape index (κ1) is 24.3. The number of amides is 2. The maximum absolute atomic E-state index is 12.8. The molecule has 35 heavy (non-hydrogen) atoms. The van der Waals surface area contributed by atoms with E-state index in [4.69, 9.17) is 4.74 Å². The summed E-state index contributed by atoms with van der Waals surface area (Å²) in [7, 11) is 0. The summed E-state index contributed by atoms with van der Waals surface area (Å²) >= 11 is 0. The Morgan fingerprint density at radius 1 is 1.06 bits per heavy atom. The van der Waals surface area contributed by atoms with Crippen LogP contribution in [0.25, 0.3) is 17.0 Å². The normalized spacial score (nSPS) is 14.2. The predicted molar refractivity (Wildman–Crippen MR) is 128 cm³/mol. The summed E-state index contributed by atoms with van der Waals surface area (Å²) in [5, 5.41) is 1.04. The van der Waals surface area contributed by atoms with E-state index in [1.807, 2.05) is 30.5 Å². The number of benzene rings is 2. The molecule has 1 N–H and O–H groups in total. The monoisotopic (exact) mass is 483 g/mol. The zero-order valence-corrected chi connectivity index (χ0v) is 19.4. The van der Waals surface area contributed by atoms with E-state index in [0.29, 0.717) is 38.2 Å². The molecule has 0 aliphatic carbocycles. The second-order valence-corrected chi connectivity index (χ2v) is 8.09. The number of halogens is 2. The number of H-pyrrole nitrogens is 1. The number of piperazine rings is 1. The summed E-state index contributed by atoms with van der Waals surface area (Å²) in [5.41, 5.74) is 2.58. The third kappa shape index (κ3) is 5.98. The van der Waals surface area contributed by atoms with Gasteiger partial charge in [0.05, 0.1) is 13.0 Å². The first-order valence-corrected chi connectivity index (χ1v) is 11.5. The van der Waals surface area contributed by atoms with E-state index >= 15 is 0 Å². The minimum absolute atomic E-state index is 0.0342. The van der Waals surface area contributed by atoms with Crippen molar-refractivity contribution in [1.29, 1.82) is 0 Å². The summed E-state index contributed by atoms with van der Waals surface area (Å²) in [4.78, 5) is 32.1. The molecule has 2 amide bonds. The van der Waals surface area contributed by atoms with Crippen LogP contribution in [0.1, 0.15) is 18.1 Å². The number of hydrogen-bond acceptors (Lipinski definition) is 4. The molecule has 0 saturated carbocycles. The van der Waals surface area contributed by atoms with Crippen molar-refractivity contribution in [2.24, 2.45) is 0 Å². The van der Waals surface area contributed by atoms with E-state index in [1.54, 1.807) is 34.9 Å². The first-order valence-electron chi connectivity index (χ1n) is 11.5. The van der Waals surface area contributed by atoms with Crippen molar-refractivity contribution in [1.82, 2.24) is 14.8 Å². The van der Waals surface area contributed by atoms with Crippen molar-refractivity contribution < 1.29 is 27.8 Å². The minimum Gasteiger partial charge on any atom is -0.490 e. The van der Waals surface area contributed by atoms with Crippen LogP contribution in [0, 0.1) is 0 Å². The van der Waals surface area contributed by atoms with Gasteiger partial charge >= 0.3 is 6.61 Å². The number of nitrogens with one attached hydrogen (secondary N) is 1. The lowest BCUT2D eigenvalue weighted by atomic mass is 10.1. The van der Waals surface area contributed by atoms with Gasteiger partial charge in [0.2, 0.25) is 11.8 Å². The molecule has 1 saturated heterocycles. The molecular formula is C26H27F2N3O4. The number of rotatable bonds is 8. The molecule has 9 heteroatoms. The number of aromatic nitrogens is 1. The molecule has 2 aromatic carbocycles. The zero-order chi connectivity index (χ0) is 24.8. The van der Waals surface area contributed by atoms with Crippen LogP contribution in [0.5, 0.6) is 11.5 Å². The Morgan fingerprint density at radius 3 is 2.54 bits per heavy atom. The highest BCUT2D eigenvalue weighted by Crippen LogP contribution is 2.30. The number of carbonyl (C=O) groups excluding carboxylic acids is 2. The van der Waals surface area contributed by atoms with Gasteiger partial charge in [-0.3, -0.25) is 9.59 Å². The number of carbonyl (C=O) groups is 2. The van der Waals surface area contributed by atoms with Gasteiger partial charge in [0, 0.05) is 49.4 Å². The molecule has 0 unspecified atom stereocenters. The highest BCUT2D eigenvalue weighted by Gasteiger charge is 2.23. The zero-order valence-electron chi connectivity index (χ0n) is 19.4. The van der Waals surface area contributed by atoms with Crippen molar-refractivity contribution in [2.45, 2.75) is 20.0 Å². The Morgan fingerprint density at radius 2 is 1.80 bits per heavy atom. The maximum atomic E-state index is 12.8. The van der Waals surface area contributed by atoms with Crippen LogP contribution < -0.4 is 9.47 Å². The van der Waals surface area contributed by atoms with E-state index in [2.05, 4.69) is 9.72 Å². The van der Waals surface area contributed by atoms with E-state index < -0.39 is 6.61 Å². The van der Waals surface area contributed by atoms with Crippen LogP contribution in [0.15, 0.2) is 54.7 Å². The Kier molecular flexibility index (Phi) is 7.64. The molecule has 1 fully saturated rings. The van der Waals surface area contributed by atoms with Crippen LogP contribution in [-0.2, 0) is 16.0 Å². The number of fused-ring (bicyclic) bond motifs is 1. The van der Waals surface area contributed by atoms with Gasteiger partial charge in [-0.15, -0.1) is 0 Å². The fraction of sp³-hybridized carbons (Fsp3) is 0.308. The van der Waals surface area contributed by atoms with Gasteiger partial charge < -0.3 is 24.3 Å². The lowest BCUT2D eigenvalue weighted by Gasteiger charge is -2.34. The molecule has 7 nitrogen and oxygen atoms in total. The first-order chi connectivity index (χ1) is 16.9. The Balaban J connectivity index is 1.31. The van der Waals surface area contributed by atoms with Crippen molar-refractivity contribution in [2.75, 3.05) is 32.8 Å². The van der Waals surface area contributed by atoms with Crippen LogP contribution in [-0.4, -0.2) is 66.0 Å². The van der Waals surface area contributed by atoms with Crippen molar-refractivity contribution in [3.8, 4) is 11.5 Å². The van der Waals surface area contributed by atoms with Crippen molar-refractivity contribution >= 4 is 28.8 Å². The van der Waals surface area contributed by atoms with E-state index in [9.17, 15) is 18.4 Å². The molecule has 3 aromatic rings. The molecule has 0 spiro atoms. The van der Waals surface area contributed by atoms with E-state index in [-0.39, 0.29) is 29.9 Å². The number of alkyl halides is 2.